The van der Waals surface area contributed by atoms with Crippen LogP contribution >= 0.6 is 0 Å². The molecule has 1 aliphatic heterocycles. The normalized spacial score (nSPS) is 21.5. The quantitative estimate of drug-likeness (QED) is 0.122. The van der Waals surface area contributed by atoms with Crippen LogP contribution in [0.3, 0.4) is 0 Å². The third kappa shape index (κ3) is 14.5. The number of urea groups is 1. The number of hydrogen-bond acceptors (Lipinski definition) is 10. The van der Waals surface area contributed by atoms with Gasteiger partial charge in [0.1, 0.15) is 47.8 Å². The molecule has 1 heterocycles. The second kappa shape index (κ2) is 23.3. The van der Waals surface area contributed by atoms with Crippen molar-refractivity contribution in [3.63, 3.8) is 0 Å². The highest BCUT2D eigenvalue weighted by Crippen LogP contribution is 2.16. The first-order valence-electron chi connectivity index (χ1n) is 20.5. The number of aliphatic hydroxyl groups is 1. The van der Waals surface area contributed by atoms with Gasteiger partial charge in [-0.15, -0.1) is 0 Å². The number of phenolic OH excluding ortho intramolecular Hbond substituents is 2. The number of aliphatic hydroxyl groups excluding tert-OH is 1. The number of carbonyl (C=O) groups excluding carboxylic acids is 6. The molecule has 1 aliphatic rings. The second-order valence-electron chi connectivity index (χ2n) is 15.6. The maximum Gasteiger partial charge on any atom is 0.326 e. The Kier molecular flexibility index (Phi) is 18.1. The molecule has 3 aromatic carbocycles. The molecule has 0 spiro atoms. The van der Waals surface area contributed by atoms with E-state index in [2.05, 4.69) is 31.9 Å². The first kappa shape index (κ1) is 48.0. The van der Waals surface area contributed by atoms with Gasteiger partial charge < -0.3 is 57.2 Å². The van der Waals surface area contributed by atoms with Gasteiger partial charge in [-0.3, -0.25) is 24.0 Å². The van der Waals surface area contributed by atoms with Gasteiger partial charge in [-0.25, -0.2) is 9.59 Å². The number of carboxylic acid groups (broad SMARTS) is 1. The van der Waals surface area contributed by atoms with E-state index in [1.54, 1.807) is 56.3 Å². The maximum atomic E-state index is 14.2. The van der Waals surface area contributed by atoms with E-state index in [1.807, 2.05) is 0 Å². The topological polar surface area (TPSA) is 276 Å². The highest BCUT2D eigenvalue weighted by molar-refractivity contribution is 5.96. The monoisotopic (exact) mass is 859 g/mol. The van der Waals surface area contributed by atoms with Crippen molar-refractivity contribution in [2.75, 3.05) is 20.2 Å². The van der Waals surface area contributed by atoms with Crippen molar-refractivity contribution in [3.05, 3.63) is 95.6 Å². The van der Waals surface area contributed by atoms with E-state index in [9.17, 15) is 54.0 Å². The summed E-state index contributed by atoms with van der Waals surface area (Å²) in [5.41, 5.74) is 1.94. The van der Waals surface area contributed by atoms with Crippen molar-refractivity contribution in [2.45, 2.75) is 95.0 Å². The minimum absolute atomic E-state index is 0.00183. The molecule has 62 heavy (non-hydrogen) atoms. The number of phenols is 2. The summed E-state index contributed by atoms with van der Waals surface area (Å²) < 4.78 is 0. The Hall–Kier alpha value is -6.69. The van der Waals surface area contributed by atoms with Crippen molar-refractivity contribution < 1.29 is 54.0 Å². The van der Waals surface area contributed by atoms with Crippen molar-refractivity contribution >= 4 is 41.5 Å². The van der Waals surface area contributed by atoms with E-state index in [0.29, 0.717) is 17.5 Å². The van der Waals surface area contributed by atoms with Gasteiger partial charge in [-0.05, 0) is 79.0 Å². The molecule has 18 nitrogen and oxygen atoms in total. The van der Waals surface area contributed by atoms with Crippen LogP contribution in [-0.2, 0) is 48.0 Å². The Balaban J connectivity index is 1.65. The predicted molar refractivity (Wildman–Crippen MR) is 226 cm³/mol. The number of amides is 7. The maximum absolute atomic E-state index is 14.2. The third-order valence-corrected chi connectivity index (χ3v) is 10.5. The first-order chi connectivity index (χ1) is 29.6. The van der Waals surface area contributed by atoms with E-state index < -0.39 is 90.3 Å². The largest absolute Gasteiger partial charge is 0.508 e. The average molecular weight is 860 g/mol. The molecule has 1 fully saturated rings. The first-order valence-corrected chi connectivity index (χ1v) is 20.5. The number of hydrogen-bond donors (Lipinski definition) is 10. The molecule has 0 saturated carbocycles. The zero-order valence-electron chi connectivity index (χ0n) is 35.0. The molecular formula is C44H57N7O11. The van der Waals surface area contributed by atoms with Gasteiger partial charge in [0.25, 0.3) is 0 Å². The number of nitrogens with zero attached hydrogens (tertiary/aromatic N) is 1. The van der Waals surface area contributed by atoms with Crippen LogP contribution in [0.15, 0.2) is 78.9 Å². The fraction of sp³-hybridized carbons (Fsp3) is 0.432. The van der Waals surface area contributed by atoms with Crippen LogP contribution in [0.1, 0.15) is 56.2 Å². The van der Waals surface area contributed by atoms with Gasteiger partial charge in [0.2, 0.25) is 29.5 Å². The van der Waals surface area contributed by atoms with Crippen LogP contribution in [0.2, 0.25) is 0 Å². The van der Waals surface area contributed by atoms with E-state index in [-0.39, 0.29) is 56.6 Å². The van der Waals surface area contributed by atoms with Crippen molar-refractivity contribution in [2.24, 2.45) is 5.92 Å². The standard InChI is InChI=1S/C44H57N7O11/c1-26(2)37-41(58)46-33(21-16-27-12-17-30(53)18-13-27)42(59)51(3)36(25-52)40(57)47-34(23-28-9-5-4-6-10-28)38(55)45-22-8-7-11-32(39(56)50-37)48-44(62)49-35(43(60)61)24-29-14-19-31(54)20-15-29/h4-6,9-10,12-15,17-20,26,32-37,52-54H,7-8,11,16,21-25H2,1-3H3,(H,45,55)(H,46,58)(H,47,57)(H,50,56)(H,60,61)(H2,48,49,62). The van der Waals surface area contributed by atoms with Crippen molar-refractivity contribution in [1.82, 2.24) is 36.8 Å². The molecule has 7 amide bonds. The van der Waals surface area contributed by atoms with Gasteiger partial charge in [0.05, 0.1) is 6.61 Å². The van der Waals surface area contributed by atoms with Gasteiger partial charge in [-0.1, -0.05) is 68.4 Å². The SMILES string of the molecule is CC(C)C1NC(=O)C(NC(=O)NC(Cc2ccc(O)cc2)C(=O)O)CCCCNC(=O)C(Cc2ccccc2)NC(=O)C(CO)N(C)C(=O)C(CCc2ccc(O)cc2)NC1=O. The summed E-state index contributed by atoms with van der Waals surface area (Å²) >= 11 is 0. The molecule has 4 rings (SSSR count). The summed E-state index contributed by atoms with van der Waals surface area (Å²) in [5.74, 6) is -5.54. The molecule has 6 atom stereocenters. The summed E-state index contributed by atoms with van der Waals surface area (Å²) in [7, 11) is 1.29. The molecule has 0 aromatic heterocycles. The van der Waals surface area contributed by atoms with Gasteiger partial charge >= 0.3 is 12.0 Å². The lowest BCUT2D eigenvalue weighted by atomic mass is 9.99. The summed E-state index contributed by atoms with van der Waals surface area (Å²) in [6, 6.07) is 12.1. The fourth-order valence-electron chi connectivity index (χ4n) is 6.89. The fourth-order valence-corrected chi connectivity index (χ4v) is 6.89. The molecule has 1 saturated heterocycles. The van der Waals surface area contributed by atoms with Gasteiger partial charge in [0.15, 0.2) is 0 Å². The van der Waals surface area contributed by atoms with E-state index in [0.717, 1.165) is 10.5 Å². The number of aliphatic carboxylic acids is 1. The zero-order valence-corrected chi connectivity index (χ0v) is 35.0. The number of nitrogens with one attached hydrogen (secondary N) is 6. The Morgan fingerprint density at radius 2 is 1.37 bits per heavy atom. The van der Waals surface area contributed by atoms with Gasteiger partial charge in [-0.2, -0.15) is 0 Å². The van der Waals surface area contributed by atoms with Crippen molar-refractivity contribution in [1.29, 1.82) is 0 Å². The molecule has 0 aliphatic carbocycles. The minimum atomic E-state index is -1.47. The smallest absolute Gasteiger partial charge is 0.326 e. The molecule has 0 radical (unpaired) electrons. The highest BCUT2D eigenvalue weighted by Gasteiger charge is 2.36. The minimum Gasteiger partial charge on any atom is -0.508 e. The number of carbonyl (C=O) groups is 7. The Bertz CT molecular complexity index is 2000. The predicted octanol–water partition coefficient (Wildman–Crippen LogP) is 0.867. The second-order valence-corrected chi connectivity index (χ2v) is 15.6. The molecule has 0 bridgehead atoms. The zero-order chi connectivity index (χ0) is 45.3. The number of rotatable bonds is 12. The third-order valence-electron chi connectivity index (χ3n) is 10.5. The number of likely N-dealkylation sites (N-methyl/N-ethyl adjacent to an activating group) is 1. The lowest BCUT2D eigenvalue weighted by Crippen LogP contribution is -2.61. The van der Waals surface area contributed by atoms with Gasteiger partial charge in [0, 0.05) is 26.4 Å². The van der Waals surface area contributed by atoms with E-state index in [1.165, 1.54) is 43.4 Å². The molecular weight excluding hydrogens is 803 g/mol. The molecule has 10 N–H and O–H groups in total. The summed E-state index contributed by atoms with van der Waals surface area (Å²) in [4.78, 5) is 96.2. The van der Waals surface area contributed by atoms with Crippen LogP contribution in [0.4, 0.5) is 4.79 Å². The highest BCUT2D eigenvalue weighted by atomic mass is 16.4. The number of benzene rings is 3. The number of carboxylic acids is 1. The van der Waals surface area contributed by atoms with Crippen LogP contribution in [-0.4, -0.2) is 123 Å². The molecule has 6 unspecified atom stereocenters. The van der Waals surface area contributed by atoms with Crippen LogP contribution in [0, 0.1) is 5.92 Å². The van der Waals surface area contributed by atoms with Crippen molar-refractivity contribution in [3.8, 4) is 11.5 Å². The Morgan fingerprint density at radius 1 is 0.758 bits per heavy atom. The Labute approximate surface area is 359 Å². The lowest BCUT2D eigenvalue weighted by molar-refractivity contribution is -0.144. The van der Waals surface area contributed by atoms with Crippen LogP contribution in [0.25, 0.3) is 0 Å². The Morgan fingerprint density at radius 3 is 1.97 bits per heavy atom. The molecule has 3 aromatic rings. The summed E-state index contributed by atoms with van der Waals surface area (Å²) in [5, 5.41) is 55.6. The van der Waals surface area contributed by atoms with Crippen LogP contribution in [0.5, 0.6) is 11.5 Å². The lowest BCUT2D eigenvalue weighted by Gasteiger charge is -2.32. The number of aryl methyl sites for hydroxylation is 1. The average Bonchev–Trinajstić information content (AvgIpc) is 3.24. The summed E-state index contributed by atoms with van der Waals surface area (Å²) in [6.07, 6.45) is 0.715. The van der Waals surface area contributed by atoms with E-state index >= 15 is 0 Å². The number of aromatic hydroxyl groups is 2. The summed E-state index contributed by atoms with van der Waals surface area (Å²) in [6.45, 7) is 2.60. The molecule has 334 valence electrons. The molecule has 18 heteroatoms. The van der Waals surface area contributed by atoms with Crippen LogP contribution < -0.4 is 31.9 Å². The van der Waals surface area contributed by atoms with E-state index in [4.69, 9.17) is 0 Å².